The minimum absolute atomic E-state index is 0.00589. The number of rotatable bonds is 7. The molecule has 1 atom stereocenters. The number of phenols is 1. The van der Waals surface area contributed by atoms with E-state index in [0.29, 0.717) is 24.2 Å². The molecule has 2 N–H and O–H groups in total. The van der Waals surface area contributed by atoms with Crippen molar-refractivity contribution in [3.8, 4) is 11.5 Å². The third-order valence-corrected chi connectivity index (χ3v) is 4.85. The van der Waals surface area contributed by atoms with E-state index < -0.39 is 17.7 Å². The van der Waals surface area contributed by atoms with E-state index in [1.54, 1.807) is 49.6 Å². The van der Waals surface area contributed by atoms with Gasteiger partial charge in [-0.3, -0.25) is 9.59 Å². The number of ether oxygens (including phenoxy) is 2. The van der Waals surface area contributed by atoms with E-state index in [9.17, 15) is 19.8 Å². The number of hydrogen-bond donors (Lipinski definition) is 2. The Balaban J connectivity index is 2.14. The zero-order chi connectivity index (χ0) is 21.0. The largest absolute Gasteiger partial charge is 0.507 e. The van der Waals surface area contributed by atoms with Crippen molar-refractivity contribution < 1.29 is 29.3 Å². The molecular weight excluding hydrogens is 374 g/mol. The highest BCUT2D eigenvalue weighted by Crippen LogP contribution is 2.41. The number of ketones is 1. The van der Waals surface area contributed by atoms with Crippen molar-refractivity contribution in [3.05, 3.63) is 65.2 Å². The lowest BCUT2D eigenvalue weighted by molar-refractivity contribution is -0.140. The number of carbonyl (C=O) groups excluding carboxylic acids is 2. The summed E-state index contributed by atoms with van der Waals surface area (Å²) in [6.07, 6.45) is 0.528. The van der Waals surface area contributed by atoms with Gasteiger partial charge in [0.1, 0.15) is 5.76 Å². The van der Waals surface area contributed by atoms with Crippen LogP contribution in [0.4, 0.5) is 0 Å². The highest BCUT2D eigenvalue weighted by Gasteiger charge is 2.46. The van der Waals surface area contributed by atoms with Gasteiger partial charge in [0.2, 0.25) is 0 Å². The molecule has 0 bridgehead atoms. The van der Waals surface area contributed by atoms with Crippen LogP contribution in [-0.2, 0) is 14.3 Å². The number of likely N-dealkylation sites (tertiary alicyclic amines) is 1. The summed E-state index contributed by atoms with van der Waals surface area (Å²) in [7, 11) is 2.98. The molecule has 1 aliphatic heterocycles. The van der Waals surface area contributed by atoms with Crippen molar-refractivity contribution in [2.45, 2.75) is 12.5 Å². The van der Waals surface area contributed by atoms with Gasteiger partial charge in [-0.05, 0) is 24.1 Å². The molecule has 0 saturated carbocycles. The fourth-order valence-electron chi connectivity index (χ4n) is 3.45. The first kappa shape index (κ1) is 20.4. The zero-order valence-corrected chi connectivity index (χ0v) is 16.3. The molecule has 1 saturated heterocycles. The smallest absolute Gasteiger partial charge is 0.295 e. The molecular formula is C22H23NO6. The second-order valence-electron chi connectivity index (χ2n) is 6.64. The summed E-state index contributed by atoms with van der Waals surface area (Å²) in [4.78, 5) is 27.0. The summed E-state index contributed by atoms with van der Waals surface area (Å²) in [5.41, 5.74) is 0.998. The Labute approximate surface area is 168 Å². The summed E-state index contributed by atoms with van der Waals surface area (Å²) in [6.45, 7) is 0.700. The molecule has 1 amide bonds. The van der Waals surface area contributed by atoms with E-state index in [-0.39, 0.29) is 29.4 Å². The van der Waals surface area contributed by atoms with Crippen LogP contribution in [0.3, 0.4) is 0 Å². The Morgan fingerprint density at radius 3 is 2.48 bits per heavy atom. The number of carbonyl (C=O) groups is 2. The van der Waals surface area contributed by atoms with Gasteiger partial charge in [0.25, 0.3) is 11.7 Å². The SMILES string of the molecule is COCCCN1C(=O)C(=O)C(=C(O)c2ccccc2)[C@H]1c1ccc(O)c(OC)c1. The second kappa shape index (κ2) is 8.79. The summed E-state index contributed by atoms with van der Waals surface area (Å²) in [6, 6.07) is 12.4. The minimum atomic E-state index is -0.804. The number of methoxy groups -OCH3 is 2. The maximum atomic E-state index is 12.8. The standard InChI is InChI=1S/C22H23NO6/c1-28-12-6-11-23-19(15-9-10-16(24)17(13-15)29-2)18(21(26)22(23)27)20(25)14-7-4-3-5-8-14/h3-5,7-10,13,19,24-25H,6,11-12H2,1-2H3/t19-/m1/s1. The van der Waals surface area contributed by atoms with E-state index in [1.165, 1.54) is 18.1 Å². The molecule has 0 spiro atoms. The van der Waals surface area contributed by atoms with Gasteiger partial charge in [-0.2, -0.15) is 0 Å². The summed E-state index contributed by atoms with van der Waals surface area (Å²) < 4.78 is 10.2. The van der Waals surface area contributed by atoms with Crippen molar-refractivity contribution in [2.24, 2.45) is 0 Å². The normalized spacial score (nSPS) is 18.3. The van der Waals surface area contributed by atoms with Gasteiger partial charge in [0.05, 0.1) is 18.7 Å². The highest BCUT2D eigenvalue weighted by molar-refractivity contribution is 6.46. The number of nitrogens with zero attached hydrogens (tertiary/aromatic N) is 1. The Bertz CT molecular complexity index is 938. The van der Waals surface area contributed by atoms with Crippen LogP contribution in [0, 0.1) is 0 Å². The molecule has 7 heteroatoms. The van der Waals surface area contributed by atoms with Crippen molar-refractivity contribution in [3.63, 3.8) is 0 Å². The maximum absolute atomic E-state index is 12.8. The van der Waals surface area contributed by atoms with Crippen LogP contribution in [0.1, 0.15) is 23.6 Å². The summed E-state index contributed by atoms with van der Waals surface area (Å²) in [5, 5.41) is 20.8. The molecule has 2 aromatic carbocycles. The number of aliphatic hydroxyl groups excluding tert-OH is 1. The number of amides is 1. The molecule has 3 rings (SSSR count). The molecule has 0 aromatic heterocycles. The van der Waals surface area contributed by atoms with Crippen molar-refractivity contribution in [1.29, 1.82) is 0 Å². The van der Waals surface area contributed by atoms with E-state index in [4.69, 9.17) is 9.47 Å². The van der Waals surface area contributed by atoms with Crippen LogP contribution in [0.25, 0.3) is 5.76 Å². The van der Waals surface area contributed by atoms with Crippen LogP contribution >= 0.6 is 0 Å². The van der Waals surface area contributed by atoms with Crippen molar-refractivity contribution >= 4 is 17.4 Å². The average Bonchev–Trinajstić information content (AvgIpc) is 2.99. The Kier molecular flexibility index (Phi) is 6.19. The predicted molar refractivity (Wildman–Crippen MR) is 107 cm³/mol. The number of hydrogen-bond acceptors (Lipinski definition) is 6. The number of aliphatic hydroxyl groups is 1. The first-order valence-electron chi connectivity index (χ1n) is 9.19. The molecule has 2 aromatic rings. The number of Topliss-reactive ketones (excluding diaryl/α,β-unsaturated/α-hetero) is 1. The lowest BCUT2D eigenvalue weighted by Crippen LogP contribution is -2.31. The molecule has 0 unspecified atom stereocenters. The molecule has 1 aliphatic rings. The van der Waals surface area contributed by atoms with Crippen molar-refractivity contribution in [1.82, 2.24) is 4.90 Å². The van der Waals surface area contributed by atoms with Gasteiger partial charge < -0.3 is 24.6 Å². The van der Waals surface area contributed by atoms with Gasteiger partial charge in [-0.25, -0.2) is 0 Å². The van der Waals surface area contributed by atoms with Crippen LogP contribution in [0.2, 0.25) is 0 Å². The van der Waals surface area contributed by atoms with E-state index in [2.05, 4.69) is 0 Å². The van der Waals surface area contributed by atoms with Crippen LogP contribution in [-0.4, -0.2) is 54.2 Å². The number of phenolic OH excluding ortho intramolecular Hbond substituents is 1. The topological polar surface area (TPSA) is 96.3 Å². The molecule has 1 heterocycles. The quantitative estimate of drug-likeness (QED) is 0.323. The lowest BCUT2D eigenvalue weighted by atomic mass is 9.95. The van der Waals surface area contributed by atoms with Gasteiger partial charge in [-0.15, -0.1) is 0 Å². The monoisotopic (exact) mass is 397 g/mol. The Hall–Kier alpha value is -3.32. The first-order chi connectivity index (χ1) is 14.0. The average molecular weight is 397 g/mol. The van der Waals surface area contributed by atoms with Crippen LogP contribution in [0.5, 0.6) is 11.5 Å². The fourth-order valence-corrected chi connectivity index (χ4v) is 3.45. The van der Waals surface area contributed by atoms with Gasteiger partial charge in [0.15, 0.2) is 11.5 Å². The van der Waals surface area contributed by atoms with Gasteiger partial charge >= 0.3 is 0 Å². The molecule has 1 fully saturated rings. The lowest BCUT2D eigenvalue weighted by Gasteiger charge is -2.25. The van der Waals surface area contributed by atoms with Gasteiger partial charge in [-0.1, -0.05) is 36.4 Å². The third kappa shape index (κ3) is 3.95. The number of aromatic hydroxyl groups is 1. The van der Waals surface area contributed by atoms with Crippen LogP contribution < -0.4 is 4.74 Å². The molecule has 152 valence electrons. The number of benzene rings is 2. The van der Waals surface area contributed by atoms with E-state index in [1.807, 2.05) is 0 Å². The highest BCUT2D eigenvalue weighted by atomic mass is 16.5. The predicted octanol–water partition coefficient (Wildman–Crippen LogP) is 2.86. The van der Waals surface area contributed by atoms with Crippen molar-refractivity contribution in [2.75, 3.05) is 27.4 Å². The Morgan fingerprint density at radius 2 is 1.83 bits per heavy atom. The zero-order valence-electron chi connectivity index (χ0n) is 16.3. The molecule has 29 heavy (non-hydrogen) atoms. The van der Waals surface area contributed by atoms with Crippen LogP contribution in [0.15, 0.2) is 54.1 Å². The third-order valence-electron chi connectivity index (χ3n) is 4.85. The first-order valence-corrected chi connectivity index (χ1v) is 9.19. The molecule has 0 aliphatic carbocycles. The Morgan fingerprint density at radius 1 is 1.10 bits per heavy atom. The second-order valence-corrected chi connectivity index (χ2v) is 6.64. The van der Waals surface area contributed by atoms with Gasteiger partial charge in [0, 0.05) is 25.8 Å². The summed E-state index contributed by atoms with van der Waals surface area (Å²) in [5.74, 6) is -1.52. The summed E-state index contributed by atoms with van der Waals surface area (Å²) >= 11 is 0. The maximum Gasteiger partial charge on any atom is 0.295 e. The molecule has 0 radical (unpaired) electrons. The van der Waals surface area contributed by atoms with E-state index in [0.717, 1.165) is 0 Å². The fraction of sp³-hybridized carbons (Fsp3) is 0.273. The minimum Gasteiger partial charge on any atom is -0.507 e. The van der Waals surface area contributed by atoms with E-state index >= 15 is 0 Å². The molecule has 7 nitrogen and oxygen atoms in total.